The molecule has 4 heteroatoms. The molecule has 0 saturated carbocycles. The minimum Gasteiger partial charge on any atom is -0.456 e. The highest BCUT2D eigenvalue weighted by atomic mass is 35.5. The Morgan fingerprint density at radius 2 is 1.90 bits per heavy atom. The van der Waals surface area contributed by atoms with E-state index in [0.29, 0.717) is 28.7 Å². The molecular weight excluding hydrogens is 274 g/mol. The van der Waals surface area contributed by atoms with Crippen molar-refractivity contribution in [3.05, 3.63) is 58.6 Å². The van der Waals surface area contributed by atoms with Crippen LogP contribution < -0.4 is 4.74 Å². The van der Waals surface area contributed by atoms with Crippen molar-refractivity contribution in [1.82, 2.24) is 0 Å². The first kappa shape index (κ1) is 14.4. The summed E-state index contributed by atoms with van der Waals surface area (Å²) in [5.74, 6) is 1.19. The predicted octanol–water partition coefficient (Wildman–Crippen LogP) is 4.19. The normalized spacial score (nSPS) is 10.1. The first-order valence-electron chi connectivity index (χ1n) is 6.18. The van der Waals surface area contributed by atoms with Crippen LogP contribution in [0.1, 0.15) is 11.1 Å². The highest BCUT2D eigenvalue weighted by molar-refractivity contribution is 6.30. The zero-order valence-corrected chi connectivity index (χ0v) is 11.9. The zero-order valence-electron chi connectivity index (χ0n) is 11.1. The van der Waals surface area contributed by atoms with Crippen LogP contribution in [-0.4, -0.2) is 13.7 Å². The van der Waals surface area contributed by atoms with Gasteiger partial charge >= 0.3 is 0 Å². The first-order valence-corrected chi connectivity index (χ1v) is 6.56. The Bertz CT molecular complexity index is 617. The molecule has 3 nitrogen and oxygen atoms in total. The van der Waals surface area contributed by atoms with Gasteiger partial charge in [0.2, 0.25) is 0 Å². The summed E-state index contributed by atoms with van der Waals surface area (Å²) in [5, 5.41) is 9.58. The number of methoxy groups -OCH3 is 1. The topological polar surface area (TPSA) is 42.2 Å². The molecule has 2 aromatic rings. The standard InChI is InChI=1S/C16H14ClNO2/c1-19-9-8-12-2-5-15(6-3-12)20-16-7-4-14(17)10-13(16)11-18/h2-7,10H,8-9H2,1H3. The minimum atomic E-state index is 0.418. The molecule has 0 fully saturated rings. The van der Waals surface area contributed by atoms with Gasteiger partial charge in [0.15, 0.2) is 0 Å². The fourth-order valence-corrected chi connectivity index (χ4v) is 1.92. The van der Waals surface area contributed by atoms with Gasteiger partial charge in [-0.1, -0.05) is 23.7 Å². The largest absolute Gasteiger partial charge is 0.456 e. The van der Waals surface area contributed by atoms with E-state index < -0.39 is 0 Å². The van der Waals surface area contributed by atoms with Crippen LogP contribution in [0.3, 0.4) is 0 Å². The Morgan fingerprint density at radius 1 is 1.15 bits per heavy atom. The summed E-state index contributed by atoms with van der Waals surface area (Å²) in [6.45, 7) is 0.690. The van der Waals surface area contributed by atoms with Crippen LogP contribution >= 0.6 is 11.6 Å². The Hall–Kier alpha value is -2.02. The maximum atomic E-state index is 9.06. The van der Waals surface area contributed by atoms with Crippen LogP contribution in [0.5, 0.6) is 11.5 Å². The molecule has 0 unspecified atom stereocenters. The molecular formula is C16H14ClNO2. The van der Waals surface area contributed by atoms with Gasteiger partial charge in [0, 0.05) is 12.1 Å². The summed E-state index contributed by atoms with van der Waals surface area (Å²) < 4.78 is 10.7. The summed E-state index contributed by atoms with van der Waals surface area (Å²) in [6.07, 6.45) is 0.862. The van der Waals surface area contributed by atoms with E-state index in [1.165, 1.54) is 5.56 Å². The van der Waals surface area contributed by atoms with Crippen molar-refractivity contribution < 1.29 is 9.47 Å². The van der Waals surface area contributed by atoms with Crippen molar-refractivity contribution in [3.63, 3.8) is 0 Å². The van der Waals surface area contributed by atoms with Crippen LogP contribution in [0, 0.1) is 11.3 Å². The average molecular weight is 288 g/mol. The number of ether oxygens (including phenoxy) is 2. The zero-order chi connectivity index (χ0) is 14.4. The number of rotatable bonds is 5. The van der Waals surface area contributed by atoms with Crippen molar-refractivity contribution in [2.45, 2.75) is 6.42 Å². The number of hydrogen-bond donors (Lipinski definition) is 0. The second-order valence-corrected chi connectivity index (χ2v) is 4.68. The third kappa shape index (κ3) is 3.74. The number of nitrogens with zero attached hydrogens (tertiary/aromatic N) is 1. The number of halogens is 1. The number of hydrogen-bond acceptors (Lipinski definition) is 3. The smallest absolute Gasteiger partial charge is 0.145 e. The molecule has 0 aliphatic rings. The SMILES string of the molecule is COCCc1ccc(Oc2ccc(Cl)cc2C#N)cc1. The van der Waals surface area contributed by atoms with E-state index in [4.69, 9.17) is 26.3 Å². The Balaban J connectivity index is 2.12. The van der Waals surface area contributed by atoms with Crippen LogP contribution in [0.25, 0.3) is 0 Å². The van der Waals surface area contributed by atoms with E-state index in [-0.39, 0.29) is 0 Å². The fraction of sp³-hybridized carbons (Fsp3) is 0.188. The van der Waals surface area contributed by atoms with Crippen LogP contribution in [0.4, 0.5) is 0 Å². The fourth-order valence-electron chi connectivity index (χ4n) is 1.75. The van der Waals surface area contributed by atoms with Gasteiger partial charge in [-0.15, -0.1) is 0 Å². The van der Waals surface area contributed by atoms with Gasteiger partial charge in [0.1, 0.15) is 17.6 Å². The lowest BCUT2D eigenvalue weighted by Gasteiger charge is -2.08. The summed E-state index contributed by atoms with van der Waals surface area (Å²) in [7, 11) is 1.68. The molecule has 102 valence electrons. The van der Waals surface area contributed by atoms with Gasteiger partial charge in [-0.25, -0.2) is 0 Å². The van der Waals surface area contributed by atoms with Gasteiger partial charge in [-0.3, -0.25) is 0 Å². The van der Waals surface area contributed by atoms with E-state index in [2.05, 4.69) is 6.07 Å². The van der Waals surface area contributed by atoms with Gasteiger partial charge in [0.25, 0.3) is 0 Å². The van der Waals surface area contributed by atoms with E-state index in [0.717, 1.165) is 6.42 Å². The average Bonchev–Trinajstić information content (AvgIpc) is 2.48. The highest BCUT2D eigenvalue weighted by Crippen LogP contribution is 2.27. The Morgan fingerprint density at radius 3 is 2.55 bits per heavy atom. The van der Waals surface area contributed by atoms with E-state index in [1.54, 1.807) is 25.3 Å². The Kier molecular flexibility index (Phi) is 5.00. The predicted molar refractivity (Wildman–Crippen MR) is 78.3 cm³/mol. The van der Waals surface area contributed by atoms with Crippen LogP contribution in [0.15, 0.2) is 42.5 Å². The molecule has 0 aromatic heterocycles. The van der Waals surface area contributed by atoms with Crippen molar-refractivity contribution in [2.75, 3.05) is 13.7 Å². The molecule has 0 aliphatic carbocycles. The maximum Gasteiger partial charge on any atom is 0.145 e. The molecule has 0 N–H and O–H groups in total. The molecule has 2 aromatic carbocycles. The van der Waals surface area contributed by atoms with Crippen molar-refractivity contribution in [3.8, 4) is 17.6 Å². The van der Waals surface area contributed by atoms with Gasteiger partial charge in [0.05, 0.1) is 12.2 Å². The van der Waals surface area contributed by atoms with E-state index in [9.17, 15) is 0 Å². The summed E-state index contributed by atoms with van der Waals surface area (Å²) in [4.78, 5) is 0. The van der Waals surface area contributed by atoms with E-state index >= 15 is 0 Å². The highest BCUT2D eigenvalue weighted by Gasteiger charge is 2.05. The first-order chi connectivity index (χ1) is 9.72. The molecule has 0 spiro atoms. The van der Waals surface area contributed by atoms with Crippen molar-refractivity contribution >= 4 is 11.6 Å². The maximum absolute atomic E-state index is 9.06. The van der Waals surface area contributed by atoms with Gasteiger partial charge in [-0.05, 0) is 42.3 Å². The molecule has 0 amide bonds. The summed E-state index contributed by atoms with van der Waals surface area (Å²) >= 11 is 5.85. The molecule has 0 radical (unpaired) electrons. The van der Waals surface area contributed by atoms with Gasteiger partial charge < -0.3 is 9.47 Å². The number of benzene rings is 2. The van der Waals surface area contributed by atoms with E-state index in [1.807, 2.05) is 24.3 Å². The summed E-state index contributed by atoms with van der Waals surface area (Å²) in [6, 6.07) is 14.8. The lowest BCUT2D eigenvalue weighted by atomic mass is 10.1. The monoisotopic (exact) mass is 287 g/mol. The number of nitriles is 1. The molecule has 0 bridgehead atoms. The third-order valence-corrected chi connectivity index (χ3v) is 3.04. The van der Waals surface area contributed by atoms with Crippen molar-refractivity contribution in [2.24, 2.45) is 0 Å². The molecule has 0 aliphatic heterocycles. The van der Waals surface area contributed by atoms with Gasteiger partial charge in [-0.2, -0.15) is 5.26 Å². The molecule has 2 rings (SSSR count). The molecule has 0 heterocycles. The second-order valence-electron chi connectivity index (χ2n) is 4.24. The lowest BCUT2D eigenvalue weighted by Crippen LogP contribution is -1.94. The molecule has 0 atom stereocenters. The quantitative estimate of drug-likeness (QED) is 0.828. The second kappa shape index (κ2) is 6.95. The molecule has 0 saturated heterocycles. The minimum absolute atomic E-state index is 0.418. The Labute approximate surface area is 123 Å². The van der Waals surface area contributed by atoms with Crippen LogP contribution in [-0.2, 0) is 11.2 Å². The molecule has 20 heavy (non-hydrogen) atoms. The van der Waals surface area contributed by atoms with Crippen LogP contribution in [0.2, 0.25) is 5.02 Å². The lowest BCUT2D eigenvalue weighted by molar-refractivity contribution is 0.202. The van der Waals surface area contributed by atoms with Crippen molar-refractivity contribution in [1.29, 1.82) is 5.26 Å². The third-order valence-electron chi connectivity index (χ3n) is 2.81. The summed E-state index contributed by atoms with van der Waals surface area (Å²) in [5.41, 5.74) is 1.59.